The van der Waals surface area contributed by atoms with E-state index in [2.05, 4.69) is 0 Å². The topological polar surface area (TPSA) is 111 Å². The highest BCUT2D eigenvalue weighted by atomic mass is 35.5. The molecule has 0 saturated heterocycles. The summed E-state index contributed by atoms with van der Waals surface area (Å²) in [5, 5.41) is 21.9. The lowest BCUT2D eigenvalue weighted by atomic mass is 9.90. The number of hydrogen-bond donors (Lipinski definition) is 3. The van der Waals surface area contributed by atoms with Crippen molar-refractivity contribution in [1.82, 2.24) is 0 Å². The zero-order valence-electron chi connectivity index (χ0n) is 13.4. The van der Waals surface area contributed by atoms with Crippen LogP contribution in [0.15, 0.2) is 42.5 Å². The highest BCUT2D eigenvalue weighted by molar-refractivity contribution is 6.35. The van der Waals surface area contributed by atoms with Gasteiger partial charge < -0.3 is 21.1 Å². The van der Waals surface area contributed by atoms with Gasteiger partial charge in [0.25, 0.3) is 0 Å². The molecule has 0 radical (unpaired) electrons. The van der Waals surface area contributed by atoms with E-state index in [1.807, 2.05) is 0 Å². The summed E-state index contributed by atoms with van der Waals surface area (Å²) in [5.41, 5.74) is 6.49. The minimum atomic E-state index is -1.33. The third kappa shape index (κ3) is 3.22. The first-order valence-corrected chi connectivity index (χ1v) is 8.46. The van der Waals surface area contributed by atoms with E-state index < -0.39 is 29.1 Å². The number of hydrogen-bond acceptors (Lipinski definition) is 3. The number of fused-ring (bicyclic) bond motifs is 1. The van der Waals surface area contributed by atoms with Gasteiger partial charge in [-0.25, -0.2) is 9.59 Å². The van der Waals surface area contributed by atoms with Gasteiger partial charge >= 0.3 is 12.0 Å². The molecule has 0 aromatic heterocycles. The Bertz CT molecular complexity index is 863. The van der Waals surface area contributed by atoms with Crippen LogP contribution in [0.2, 0.25) is 10.0 Å². The molecule has 9 heteroatoms. The van der Waals surface area contributed by atoms with Crippen LogP contribution in [0, 0.1) is 5.21 Å². The van der Waals surface area contributed by atoms with Gasteiger partial charge in [-0.3, -0.25) is 4.90 Å². The minimum Gasteiger partial charge on any atom is -0.628 e. The number of carbonyl (C=O) groups is 2. The molecule has 0 bridgehead atoms. The molecule has 0 fully saturated rings. The number of amides is 2. The molecule has 2 amide bonds. The van der Waals surface area contributed by atoms with Crippen molar-refractivity contribution in [3.05, 3.63) is 63.3 Å². The number of benzene rings is 2. The number of carboxylic acid groups (broad SMARTS) is 1. The fourth-order valence-corrected chi connectivity index (χ4v) is 3.88. The maximum atomic E-state index is 12.6. The van der Waals surface area contributed by atoms with Crippen LogP contribution < -0.4 is 15.7 Å². The fraction of sp³-hybridized carbons (Fsp3) is 0.176. The Hall–Kier alpha value is -2.32. The Morgan fingerprint density at radius 2 is 1.88 bits per heavy atom. The van der Waals surface area contributed by atoms with Crippen LogP contribution in [0.4, 0.5) is 16.2 Å². The Morgan fingerprint density at radius 1 is 1.23 bits per heavy atom. The van der Waals surface area contributed by atoms with Crippen molar-refractivity contribution in [3.8, 4) is 0 Å². The largest absolute Gasteiger partial charge is 0.628 e. The van der Waals surface area contributed by atoms with Gasteiger partial charge in [0.05, 0.1) is 16.6 Å². The zero-order valence-corrected chi connectivity index (χ0v) is 14.9. The molecule has 0 aliphatic carbocycles. The lowest BCUT2D eigenvalue weighted by molar-refractivity contribution is -0.800. The molecule has 4 N–H and O–H groups in total. The highest BCUT2D eigenvalue weighted by Gasteiger charge is 2.43. The van der Waals surface area contributed by atoms with Crippen molar-refractivity contribution in [3.63, 3.8) is 0 Å². The Balaban J connectivity index is 2.21. The summed E-state index contributed by atoms with van der Waals surface area (Å²) in [7, 11) is 0. The maximum absolute atomic E-state index is 12.6. The first-order chi connectivity index (χ1) is 12.3. The van der Waals surface area contributed by atoms with Crippen LogP contribution in [-0.4, -0.2) is 23.1 Å². The molecular formula is C17H15Cl2N3O4. The minimum absolute atomic E-state index is 0.0910. The van der Waals surface area contributed by atoms with Crippen LogP contribution >= 0.6 is 23.2 Å². The summed E-state index contributed by atoms with van der Waals surface area (Å²) in [6.45, 7) is 0. The molecule has 2 aromatic carbocycles. The zero-order chi connectivity index (χ0) is 19.0. The predicted molar refractivity (Wildman–Crippen MR) is 97.7 cm³/mol. The quantitative estimate of drug-likeness (QED) is 0.693. The van der Waals surface area contributed by atoms with Crippen LogP contribution in [0.3, 0.4) is 0 Å². The number of halogens is 2. The smallest absolute Gasteiger partial charge is 0.363 e. The molecule has 3 unspecified atom stereocenters. The van der Waals surface area contributed by atoms with E-state index >= 15 is 0 Å². The van der Waals surface area contributed by atoms with Crippen LogP contribution in [0.25, 0.3) is 0 Å². The van der Waals surface area contributed by atoms with Gasteiger partial charge in [-0.05, 0) is 18.2 Å². The second-order valence-electron chi connectivity index (χ2n) is 5.90. The number of rotatable bonds is 3. The third-order valence-electron chi connectivity index (χ3n) is 4.35. The number of hydroxylamine groups is 1. The number of nitrogens with zero attached hydrogens (tertiary/aromatic N) is 1. The molecule has 1 heterocycles. The van der Waals surface area contributed by atoms with Gasteiger partial charge in [-0.15, -0.1) is 0 Å². The highest BCUT2D eigenvalue weighted by Crippen LogP contribution is 2.41. The van der Waals surface area contributed by atoms with E-state index in [4.69, 9.17) is 28.9 Å². The van der Waals surface area contributed by atoms with Crippen molar-refractivity contribution in [2.45, 2.75) is 18.5 Å². The molecule has 26 heavy (non-hydrogen) atoms. The van der Waals surface area contributed by atoms with Crippen LogP contribution in [-0.2, 0) is 4.79 Å². The molecule has 7 nitrogen and oxygen atoms in total. The molecule has 3 rings (SSSR count). The Labute approximate surface area is 159 Å². The van der Waals surface area contributed by atoms with E-state index in [1.165, 1.54) is 17.0 Å². The first kappa shape index (κ1) is 18.5. The molecule has 2 aromatic rings. The molecule has 0 spiro atoms. The molecular weight excluding hydrogens is 381 g/mol. The average molecular weight is 396 g/mol. The number of carboxylic acids is 1. The van der Waals surface area contributed by atoms with Gasteiger partial charge in [-0.2, -0.15) is 0 Å². The number of primary amides is 1. The molecule has 0 saturated carbocycles. The first-order valence-electron chi connectivity index (χ1n) is 7.71. The van der Waals surface area contributed by atoms with Gasteiger partial charge in [0.15, 0.2) is 6.04 Å². The van der Waals surface area contributed by atoms with Crippen LogP contribution in [0.5, 0.6) is 0 Å². The number of urea groups is 1. The standard InChI is InChI=1S/C17H15Cl2N3O4/c18-9-6-11(19)15-12(8-14(16(23)24)22(26)13(15)7-9)21(17(20)25)10-4-2-1-3-5-10/h1-7,12,14,22H,8H2,(H2,20,25)(H,23,24). The Kier molecular flexibility index (Phi) is 5.06. The van der Waals surface area contributed by atoms with E-state index in [1.54, 1.807) is 30.3 Å². The number of anilines is 1. The van der Waals surface area contributed by atoms with Gasteiger partial charge in [0, 0.05) is 23.2 Å². The normalized spacial score (nSPS) is 21.7. The van der Waals surface area contributed by atoms with E-state index in [-0.39, 0.29) is 22.2 Å². The van der Waals surface area contributed by atoms with E-state index in [0.29, 0.717) is 11.3 Å². The number of nitrogens with two attached hydrogens (primary N) is 1. The SMILES string of the molecule is NC(=O)N(c1ccccc1)C1CC(C(=O)O)[NH+]([O-])c2cc(Cl)cc(Cl)c21. The summed E-state index contributed by atoms with van der Waals surface area (Å²) in [6, 6.07) is 8.45. The molecule has 3 atom stereocenters. The van der Waals surface area contributed by atoms with Crippen LogP contribution in [0.1, 0.15) is 18.0 Å². The number of carbonyl (C=O) groups excluding carboxylic acids is 1. The number of aliphatic carboxylic acids is 1. The van der Waals surface area contributed by atoms with Crippen molar-refractivity contribution < 1.29 is 19.8 Å². The summed E-state index contributed by atoms with van der Waals surface area (Å²) in [5.74, 6) is -1.28. The maximum Gasteiger partial charge on any atom is 0.363 e. The third-order valence-corrected chi connectivity index (χ3v) is 4.88. The van der Waals surface area contributed by atoms with Crippen molar-refractivity contribution in [2.24, 2.45) is 5.73 Å². The number of quaternary nitrogens is 1. The van der Waals surface area contributed by atoms with Crippen molar-refractivity contribution in [1.29, 1.82) is 0 Å². The van der Waals surface area contributed by atoms with E-state index in [9.17, 15) is 19.9 Å². The predicted octanol–water partition coefficient (Wildman–Crippen LogP) is 2.49. The fourth-order valence-electron chi connectivity index (χ4n) is 3.26. The second-order valence-corrected chi connectivity index (χ2v) is 6.74. The average Bonchev–Trinajstić information content (AvgIpc) is 2.57. The second kappa shape index (κ2) is 7.13. The van der Waals surface area contributed by atoms with Gasteiger partial charge in [-0.1, -0.05) is 41.4 Å². The van der Waals surface area contributed by atoms with Crippen molar-refractivity contribution >= 4 is 46.6 Å². The number of nitrogens with one attached hydrogen (secondary N) is 1. The summed E-state index contributed by atoms with van der Waals surface area (Å²) in [4.78, 5) is 25.0. The summed E-state index contributed by atoms with van der Waals surface area (Å²) in [6.07, 6.45) is -0.139. The molecule has 136 valence electrons. The van der Waals surface area contributed by atoms with Gasteiger partial charge in [0.1, 0.15) is 5.69 Å². The lowest BCUT2D eigenvalue weighted by Gasteiger charge is -2.41. The molecule has 1 aliphatic rings. The van der Waals surface area contributed by atoms with Gasteiger partial charge in [0.2, 0.25) is 0 Å². The lowest BCUT2D eigenvalue weighted by Crippen LogP contribution is -3.09. The van der Waals surface area contributed by atoms with Crippen molar-refractivity contribution in [2.75, 3.05) is 4.90 Å². The summed E-state index contributed by atoms with van der Waals surface area (Å²) < 4.78 is 0. The monoisotopic (exact) mass is 395 g/mol. The van der Waals surface area contributed by atoms with E-state index in [0.717, 1.165) is 0 Å². The Morgan fingerprint density at radius 3 is 2.46 bits per heavy atom. The molecule has 1 aliphatic heterocycles. The summed E-state index contributed by atoms with van der Waals surface area (Å²) >= 11 is 12.3. The number of para-hydroxylation sites is 1.